The first-order valence-corrected chi connectivity index (χ1v) is 8.47. The predicted octanol–water partition coefficient (Wildman–Crippen LogP) is 4.16. The van der Waals surface area contributed by atoms with E-state index in [1.54, 1.807) is 37.3 Å². The number of amides is 1. The predicted molar refractivity (Wildman–Crippen MR) is 96.3 cm³/mol. The average Bonchev–Trinajstić information content (AvgIpc) is 3.09. The summed E-state index contributed by atoms with van der Waals surface area (Å²) in [5.74, 6) is -0.976. The highest BCUT2D eigenvalue weighted by atomic mass is 79.9. The van der Waals surface area contributed by atoms with Crippen molar-refractivity contribution >= 4 is 44.6 Å². The van der Waals surface area contributed by atoms with Gasteiger partial charge in [0.05, 0.1) is 11.3 Å². The molecule has 0 radical (unpaired) electrons. The number of carbonyl (C=O) groups excluding carboxylic acids is 2. The summed E-state index contributed by atoms with van der Waals surface area (Å²) in [6, 6.07) is 12.0. The lowest BCUT2D eigenvalue weighted by atomic mass is 10.2. The molecular formula is C18H15BrN2O4. The molecule has 0 spiro atoms. The fourth-order valence-corrected chi connectivity index (χ4v) is 2.66. The average molecular weight is 403 g/mol. The second kappa shape index (κ2) is 7.48. The summed E-state index contributed by atoms with van der Waals surface area (Å²) >= 11 is 3.36. The molecule has 0 aliphatic carbocycles. The number of hydrogen-bond acceptors (Lipinski definition) is 5. The van der Waals surface area contributed by atoms with E-state index in [1.807, 2.05) is 12.1 Å². The number of fused-ring (bicyclic) bond motifs is 1. The zero-order valence-electron chi connectivity index (χ0n) is 13.4. The molecule has 1 aromatic heterocycles. The van der Waals surface area contributed by atoms with Crippen LogP contribution in [0.5, 0.6) is 0 Å². The van der Waals surface area contributed by atoms with Crippen molar-refractivity contribution < 1.29 is 18.7 Å². The Morgan fingerprint density at radius 2 is 2.08 bits per heavy atom. The van der Waals surface area contributed by atoms with Gasteiger partial charge in [-0.2, -0.15) is 0 Å². The molecule has 128 valence electrons. The van der Waals surface area contributed by atoms with Gasteiger partial charge >= 0.3 is 5.97 Å². The summed E-state index contributed by atoms with van der Waals surface area (Å²) in [6.45, 7) is 1.78. The number of benzene rings is 2. The van der Waals surface area contributed by atoms with Gasteiger partial charge in [0.15, 0.2) is 18.1 Å². The van der Waals surface area contributed by atoms with Crippen molar-refractivity contribution in [2.45, 2.75) is 19.4 Å². The van der Waals surface area contributed by atoms with Crippen LogP contribution in [0.4, 0.5) is 5.69 Å². The lowest BCUT2D eigenvalue weighted by Crippen LogP contribution is -2.32. The van der Waals surface area contributed by atoms with Gasteiger partial charge in [-0.3, -0.25) is 4.79 Å². The van der Waals surface area contributed by atoms with E-state index in [-0.39, 0.29) is 5.91 Å². The van der Waals surface area contributed by atoms with Gasteiger partial charge in [0, 0.05) is 4.47 Å². The van der Waals surface area contributed by atoms with Crippen molar-refractivity contribution in [3.63, 3.8) is 0 Å². The molecule has 7 heteroatoms. The van der Waals surface area contributed by atoms with Crippen LogP contribution >= 0.6 is 15.9 Å². The highest BCUT2D eigenvalue weighted by Gasteiger charge is 2.23. The van der Waals surface area contributed by atoms with E-state index in [2.05, 4.69) is 26.2 Å². The lowest BCUT2D eigenvalue weighted by molar-refractivity contribution is -0.124. The molecule has 3 rings (SSSR count). The van der Waals surface area contributed by atoms with Gasteiger partial charge in [-0.05, 0) is 52.7 Å². The summed E-state index contributed by atoms with van der Waals surface area (Å²) in [5.41, 5.74) is 2.05. The molecule has 0 saturated carbocycles. The molecule has 2 aromatic carbocycles. The number of aromatic nitrogens is 1. The van der Waals surface area contributed by atoms with Crippen LogP contribution < -0.4 is 5.32 Å². The largest absolute Gasteiger partial charge is 0.449 e. The van der Waals surface area contributed by atoms with E-state index >= 15 is 0 Å². The minimum absolute atomic E-state index is 0.302. The van der Waals surface area contributed by atoms with Gasteiger partial charge in [-0.15, -0.1) is 0 Å². The Kier molecular flexibility index (Phi) is 5.14. The number of nitrogens with zero attached hydrogens (tertiary/aromatic N) is 1. The van der Waals surface area contributed by atoms with Crippen LogP contribution in [0.15, 0.2) is 57.7 Å². The molecule has 6 nitrogen and oxygen atoms in total. The first-order chi connectivity index (χ1) is 12.1. The van der Waals surface area contributed by atoms with E-state index < -0.39 is 12.1 Å². The highest BCUT2D eigenvalue weighted by molar-refractivity contribution is 9.10. The van der Waals surface area contributed by atoms with Crippen LogP contribution in [0.25, 0.3) is 11.1 Å². The molecule has 0 saturated heterocycles. The van der Waals surface area contributed by atoms with E-state index in [4.69, 9.17) is 9.15 Å². The van der Waals surface area contributed by atoms with Gasteiger partial charge in [0.25, 0.3) is 5.91 Å². The molecule has 0 aliphatic rings. The first kappa shape index (κ1) is 17.2. The number of rotatable bonds is 5. The van der Waals surface area contributed by atoms with Crippen LogP contribution in [-0.2, 0) is 9.53 Å². The van der Waals surface area contributed by atoms with E-state index in [9.17, 15) is 9.59 Å². The third-order valence-corrected chi connectivity index (χ3v) is 4.30. The lowest BCUT2D eigenvalue weighted by Gasteiger charge is -2.16. The number of halogens is 1. The smallest absolute Gasteiger partial charge is 0.339 e. The van der Waals surface area contributed by atoms with Crippen molar-refractivity contribution in [1.82, 2.24) is 4.98 Å². The molecule has 0 fully saturated rings. The van der Waals surface area contributed by atoms with E-state index in [0.717, 1.165) is 4.47 Å². The summed E-state index contributed by atoms with van der Waals surface area (Å²) in [6.07, 6.45) is 0.761. The van der Waals surface area contributed by atoms with Crippen molar-refractivity contribution in [2.24, 2.45) is 0 Å². The summed E-state index contributed by atoms with van der Waals surface area (Å²) < 4.78 is 11.3. The van der Waals surface area contributed by atoms with E-state index in [1.165, 1.54) is 6.39 Å². The first-order valence-electron chi connectivity index (χ1n) is 7.68. The molecule has 1 unspecified atom stereocenters. The Morgan fingerprint density at radius 1 is 1.28 bits per heavy atom. The zero-order valence-corrected chi connectivity index (χ0v) is 14.9. The van der Waals surface area contributed by atoms with Crippen molar-refractivity contribution in [3.8, 4) is 0 Å². The molecule has 1 amide bonds. The fourth-order valence-electron chi connectivity index (χ4n) is 2.28. The summed E-state index contributed by atoms with van der Waals surface area (Å²) in [7, 11) is 0. The Morgan fingerprint density at radius 3 is 2.84 bits per heavy atom. The number of ether oxygens (including phenoxy) is 1. The topological polar surface area (TPSA) is 81.4 Å². The fraction of sp³-hybridized carbons (Fsp3) is 0.167. The second-order valence-corrected chi connectivity index (χ2v) is 6.16. The second-order valence-electron chi connectivity index (χ2n) is 5.31. The molecule has 1 N–H and O–H groups in total. The monoisotopic (exact) mass is 402 g/mol. The molecule has 1 atom stereocenters. The van der Waals surface area contributed by atoms with Crippen LogP contribution in [-0.4, -0.2) is 23.0 Å². The standard InChI is InChI=1S/C18H15BrN2O4/c1-2-15(17(22)21-13-6-4-3-5-12(13)19)25-18(23)11-7-8-14-16(9-11)24-10-20-14/h3-10,15H,2H2,1H3,(H,21,22). The maximum Gasteiger partial charge on any atom is 0.339 e. The van der Waals surface area contributed by atoms with Crippen LogP contribution in [0.1, 0.15) is 23.7 Å². The third kappa shape index (κ3) is 3.88. The Hall–Kier alpha value is -2.67. The number of anilines is 1. The summed E-state index contributed by atoms with van der Waals surface area (Å²) in [5, 5.41) is 2.75. The Bertz CT molecular complexity index is 922. The molecule has 0 bridgehead atoms. The van der Waals surface area contributed by atoms with Crippen molar-refractivity contribution in [1.29, 1.82) is 0 Å². The third-order valence-electron chi connectivity index (χ3n) is 3.61. The maximum absolute atomic E-state index is 12.4. The van der Waals surface area contributed by atoms with Crippen molar-refractivity contribution in [3.05, 3.63) is 58.9 Å². The number of nitrogens with one attached hydrogen (secondary N) is 1. The quantitative estimate of drug-likeness (QED) is 0.647. The van der Waals surface area contributed by atoms with Gasteiger partial charge in [0.1, 0.15) is 5.52 Å². The molecule has 1 heterocycles. The Balaban J connectivity index is 1.71. The number of para-hydroxylation sites is 1. The minimum Gasteiger partial charge on any atom is -0.449 e. The van der Waals surface area contributed by atoms with Gasteiger partial charge in [0.2, 0.25) is 0 Å². The Labute approximate surface area is 152 Å². The normalized spacial score (nSPS) is 11.9. The number of hydrogen-bond donors (Lipinski definition) is 1. The van der Waals surface area contributed by atoms with Gasteiger partial charge < -0.3 is 14.5 Å². The maximum atomic E-state index is 12.4. The SMILES string of the molecule is CCC(OC(=O)c1ccc2ncoc2c1)C(=O)Nc1ccccc1Br. The molecule has 0 aliphatic heterocycles. The van der Waals surface area contributed by atoms with Crippen LogP contribution in [0, 0.1) is 0 Å². The van der Waals surface area contributed by atoms with E-state index in [0.29, 0.717) is 28.8 Å². The van der Waals surface area contributed by atoms with Gasteiger partial charge in [-0.1, -0.05) is 19.1 Å². The van der Waals surface area contributed by atoms with Gasteiger partial charge in [-0.25, -0.2) is 9.78 Å². The molecule has 25 heavy (non-hydrogen) atoms. The highest BCUT2D eigenvalue weighted by Crippen LogP contribution is 2.22. The van der Waals surface area contributed by atoms with Crippen LogP contribution in [0.3, 0.4) is 0 Å². The zero-order chi connectivity index (χ0) is 17.8. The van der Waals surface area contributed by atoms with Crippen LogP contribution in [0.2, 0.25) is 0 Å². The molecule has 3 aromatic rings. The number of esters is 1. The summed E-state index contributed by atoms with van der Waals surface area (Å²) in [4.78, 5) is 28.7. The molecular weight excluding hydrogens is 388 g/mol. The van der Waals surface area contributed by atoms with Crippen molar-refractivity contribution in [2.75, 3.05) is 5.32 Å². The number of carbonyl (C=O) groups is 2. The minimum atomic E-state index is -0.898. The number of oxazole rings is 1.